The number of nitrogens with one attached hydrogen (secondary N) is 2. The van der Waals surface area contributed by atoms with Gasteiger partial charge in [-0.25, -0.2) is 9.67 Å². The van der Waals surface area contributed by atoms with Crippen molar-refractivity contribution in [3.8, 4) is 22.9 Å². The maximum Gasteiger partial charge on any atom is 0.304 e. The van der Waals surface area contributed by atoms with Gasteiger partial charge in [-0.3, -0.25) is 9.78 Å². The van der Waals surface area contributed by atoms with Crippen molar-refractivity contribution < 1.29 is 20.1 Å². The Balaban J connectivity index is 1.46. The van der Waals surface area contributed by atoms with Crippen molar-refractivity contribution in [1.82, 2.24) is 34.9 Å². The molecule has 2 unspecified atom stereocenters. The van der Waals surface area contributed by atoms with Crippen molar-refractivity contribution in [3.63, 3.8) is 0 Å². The Morgan fingerprint density at radius 3 is 2.85 bits per heavy atom. The van der Waals surface area contributed by atoms with Crippen LogP contribution in [0.25, 0.3) is 22.9 Å². The summed E-state index contributed by atoms with van der Waals surface area (Å²) >= 11 is 8.28. The Kier molecular flexibility index (Phi) is 6.52. The zero-order chi connectivity index (χ0) is 23.8. The highest BCUT2D eigenvalue weighted by Gasteiger charge is 2.46. The first-order chi connectivity index (χ1) is 16.4. The molecule has 5 N–H and O–H groups in total. The number of pyridine rings is 1. The third-order valence-corrected chi connectivity index (χ3v) is 7.31. The summed E-state index contributed by atoms with van der Waals surface area (Å²) in [7, 11) is 0. The van der Waals surface area contributed by atoms with Gasteiger partial charge in [0, 0.05) is 28.9 Å². The number of thioether (sulfide) groups is 1. The zero-order valence-corrected chi connectivity index (χ0v) is 19.5. The molecule has 5 heterocycles. The highest BCUT2D eigenvalue weighted by molar-refractivity contribution is 8.00. The molecule has 178 valence electrons. The minimum atomic E-state index is -1.28. The van der Waals surface area contributed by atoms with Crippen LogP contribution in [0.15, 0.2) is 45.9 Å². The van der Waals surface area contributed by atoms with E-state index in [0.717, 1.165) is 23.1 Å². The van der Waals surface area contributed by atoms with E-state index in [-0.39, 0.29) is 4.87 Å². The second-order valence-corrected chi connectivity index (χ2v) is 9.82. The predicted molar refractivity (Wildman–Crippen MR) is 123 cm³/mol. The van der Waals surface area contributed by atoms with Gasteiger partial charge in [0.1, 0.15) is 41.2 Å². The lowest BCUT2D eigenvalue weighted by atomic mass is 9.97. The third-order valence-electron chi connectivity index (χ3n) is 5.25. The largest absolute Gasteiger partial charge is 0.394 e. The number of imidazole rings is 1. The Hall–Kier alpha value is -2.59. The average molecular weight is 524 g/mol. The van der Waals surface area contributed by atoms with Gasteiger partial charge in [0.05, 0.1) is 23.5 Å². The number of hydrogen-bond donors (Lipinski definition) is 5. The number of hydrogen-bond acceptors (Lipinski definition) is 11. The summed E-state index contributed by atoms with van der Waals surface area (Å²) in [6.07, 6.45) is 2.69. The molecule has 5 atom stereocenters. The van der Waals surface area contributed by atoms with Crippen LogP contribution in [-0.4, -0.2) is 80.6 Å². The van der Waals surface area contributed by atoms with Crippen LogP contribution in [-0.2, 0) is 4.74 Å². The Bertz CT molecular complexity index is 1330. The summed E-state index contributed by atoms with van der Waals surface area (Å²) in [6, 6.07) is 0.677. The van der Waals surface area contributed by atoms with Crippen LogP contribution in [0.2, 0.25) is 5.02 Å². The second kappa shape index (κ2) is 9.58. The lowest BCUT2D eigenvalue weighted by molar-refractivity contribution is -0.178. The van der Waals surface area contributed by atoms with E-state index < -0.39 is 36.4 Å². The van der Waals surface area contributed by atoms with E-state index in [1.165, 1.54) is 17.1 Å². The maximum atomic E-state index is 11.5. The smallest absolute Gasteiger partial charge is 0.304 e. The summed E-state index contributed by atoms with van der Waals surface area (Å²) < 4.78 is 7.14. The first-order valence-electron chi connectivity index (χ1n) is 9.99. The predicted octanol–water partition coefficient (Wildman–Crippen LogP) is 0.906. The topological polar surface area (TPSA) is 175 Å². The first kappa shape index (κ1) is 23.2. The van der Waals surface area contributed by atoms with Crippen LogP contribution < -0.4 is 4.87 Å². The molecule has 0 spiro atoms. The fourth-order valence-electron chi connectivity index (χ4n) is 3.64. The average Bonchev–Trinajstić information content (AvgIpc) is 3.58. The van der Waals surface area contributed by atoms with Gasteiger partial charge in [0.25, 0.3) is 0 Å². The summed E-state index contributed by atoms with van der Waals surface area (Å²) in [5.74, 6) is 0.505. The van der Waals surface area contributed by atoms with E-state index in [1.54, 1.807) is 23.8 Å². The maximum absolute atomic E-state index is 11.5. The van der Waals surface area contributed by atoms with Gasteiger partial charge in [-0.1, -0.05) is 39.9 Å². The number of ether oxygens (including phenoxy) is 1. The van der Waals surface area contributed by atoms with Gasteiger partial charge < -0.3 is 30.0 Å². The van der Waals surface area contributed by atoms with E-state index in [4.69, 9.17) is 16.3 Å². The number of H-pyrrole nitrogens is 2. The van der Waals surface area contributed by atoms with Crippen molar-refractivity contribution in [3.05, 3.63) is 50.9 Å². The van der Waals surface area contributed by atoms with Crippen molar-refractivity contribution in [2.75, 3.05) is 6.61 Å². The number of halogens is 1. The molecule has 4 aromatic heterocycles. The molecule has 15 heteroatoms. The first-order valence-corrected chi connectivity index (χ1v) is 12.1. The van der Waals surface area contributed by atoms with Gasteiger partial charge in [-0.15, -0.1) is 5.10 Å². The van der Waals surface area contributed by atoms with Crippen LogP contribution in [0.5, 0.6) is 0 Å². The normalized spacial score (nSPS) is 25.0. The highest BCUT2D eigenvalue weighted by atomic mass is 35.5. The molecule has 0 aliphatic carbocycles. The molecule has 0 aromatic carbocycles. The van der Waals surface area contributed by atoms with E-state index in [2.05, 4.69) is 30.2 Å². The van der Waals surface area contributed by atoms with Crippen LogP contribution in [0.3, 0.4) is 0 Å². The van der Waals surface area contributed by atoms with Crippen LogP contribution >= 0.6 is 34.7 Å². The summed E-state index contributed by atoms with van der Waals surface area (Å²) in [5.41, 5.74) is 0.416. The SMILES string of the molecule is O=c1[nH]c(-c2cn([C@@H]3C(O)[C@@H](Sc4cc(Cl)cnc4-c4ncc[nH]4)OC(CO)[C@@H]3O)nn2)cs1. The lowest BCUT2D eigenvalue weighted by Gasteiger charge is -2.41. The molecule has 0 amide bonds. The number of rotatable bonds is 6. The van der Waals surface area contributed by atoms with E-state index in [9.17, 15) is 20.1 Å². The molecule has 1 aliphatic rings. The van der Waals surface area contributed by atoms with Crippen LogP contribution in [0.4, 0.5) is 0 Å². The fourth-order valence-corrected chi connectivity index (χ4v) is 5.64. The molecule has 34 heavy (non-hydrogen) atoms. The molecular weight excluding hydrogens is 506 g/mol. The molecule has 4 aromatic rings. The van der Waals surface area contributed by atoms with Gasteiger partial charge in [0.15, 0.2) is 5.82 Å². The standard InChI is InChI=1S/C19H18ClN7O5S2/c20-8-3-12(13(23-4-8)17-21-1-2-22-17)34-18-16(30)14(15(29)11(6-28)32-18)27-5-9(25-26-27)10-7-33-19(31)24-10/h1-5,7,11,14-16,18,28-30H,6H2,(H,21,22)(H,24,31)/t11?,14-,15-,16?,18+/m0/s1. The molecule has 1 aliphatic heterocycles. The van der Waals surface area contributed by atoms with Crippen molar-refractivity contribution in [2.45, 2.75) is 34.7 Å². The molecule has 5 rings (SSSR count). The van der Waals surface area contributed by atoms with Gasteiger partial charge >= 0.3 is 4.87 Å². The molecular formula is C19H18ClN7O5S2. The summed E-state index contributed by atoms with van der Waals surface area (Å²) in [6.45, 7) is -0.486. The van der Waals surface area contributed by atoms with E-state index >= 15 is 0 Å². The zero-order valence-electron chi connectivity index (χ0n) is 17.1. The number of aliphatic hydroxyl groups excluding tert-OH is 3. The third kappa shape index (κ3) is 4.40. The lowest BCUT2D eigenvalue weighted by Crippen LogP contribution is -2.55. The van der Waals surface area contributed by atoms with Crippen LogP contribution in [0, 0.1) is 0 Å². The van der Waals surface area contributed by atoms with Crippen molar-refractivity contribution >= 4 is 34.7 Å². The minimum Gasteiger partial charge on any atom is -0.394 e. The molecule has 0 radical (unpaired) electrons. The Morgan fingerprint density at radius 2 is 2.15 bits per heavy atom. The van der Waals surface area contributed by atoms with Crippen LogP contribution in [0.1, 0.15) is 6.04 Å². The Labute approximate surface area is 204 Å². The van der Waals surface area contributed by atoms with Crippen molar-refractivity contribution in [1.29, 1.82) is 0 Å². The number of aromatic nitrogens is 7. The number of nitrogens with zero attached hydrogens (tertiary/aromatic N) is 5. The molecule has 0 bridgehead atoms. The molecule has 0 saturated carbocycles. The van der Waals surface area contributed by atoms with E-state index in [1.807, 2.05) is 0 Å². The quantitative estimate of drug-likeness (QED) is 0.244. The monoisotopic (exact) mass is 523 g/mol. The van der Waals surface area contributed by atoms with Gasteiger partial charge in [0.2, 0.25) is 0 Å². The molecule has 1 saturated heterocycles. The van der Waals surface area contributed by atoms with Gasteiger partial charge in [-0.05, 0) is 6.07 Å². The fraction of sp³-hybridized carbons (Fsp3) is 0.316. The highest BCUT2D eigenvalue weighted by Crippen LogP contribution is 2.41. The summed E-state index contributed by atoms with van der Waals surface area (Å²) in [5, 5.41) is 41.9. The second-order valence-electron chi connectivity index (χ2n) is 7.40. The van der Waals surface area contributed by atoms with Gasteiger partial charge in [-0.2, -0.15) is 0 Å². The number of thiazole rings is 1. The minimum absolute atomic E-state index is 0.241. The van der Waals surface area contributed by atoms with E-state index in [0.29, 0.717) is 32.8 Å². The number of aliphatic hydroxyl groups is 3. The molecule has 1 fully saturated rings. The number of aromatic amines is 2. The van der Waals surface area contributed by atoms with Crippen molar-refractivity contribution in [2.24, 2.45) is 0 Å². The Morgan fingerprint density at radius 1 is 1.29 bits per heavy atom. The summed E-state index contributed by atoms with van der Waals surface area (Å²) in [4.78, 5) is 26.0. The molecule has 12 nitrogen and oxygen atoms in total.